The fourth-order valence-corrected chi connectivity index (χ4v) is 3.33. The van der Waals surface area contributed by atoms with E-state index in [9.17, 15) is 9.59 Å². The van der Waals surface area contributed by atoms with Crippen molar-refractivity contribution in [2.45, 2.75) is 38.9 Å². The second-order valence-electron chi connectivity index (χ2n) is 6.96. The standard InChI is InChI=1S/C22H23BrO6/c1-14(2)28-20-9-8-16(12-19(20)23)22(25)29-17-6-3-5-15(11-17)21(24)27-13-18-7-4-10-26-18/h3,5-6,8-9,11-12,14,18H,4,7,10,13H2,1-2H3. The number of carbonyl (C=O) groups excluding carboxylic acids is 2. The SMILES string of the molecule is CC(C)Oc1ccc(C(=O)Oc2cccc(C(=O)OCC3CCCO3)c2)cc1Br. The zero-order valence-electron chi connectivity index (χ0n) is 16.4. The minimum Gasteiger partial charge on any atom is -0.490 e. The lowest BCUT2D eigenvalue weighted by Crippen LogP contribution is -2.18. The maximum Gasteiger partial charge on any atom is 0.343 e. The highest BCUT2D eigenvalue weighted by Gasteiger charge is 2.19. The van der Waals surface area contributed by atoms with E-state index in [1.807, 2.05) is 13.8 Å². The Morgan fingerprint density at radius 1 is 1.14 bits per heavy atom. The van der Waals surface area contributed by atoms with Crippen LogP contribution >= 0.6 is 15.9 Å². The highest BCUT2D eigenvalue weighted by atomic mass is 79.9. The van der Waals surface area contributed by atoms with Gasteiger partial charge in [-0.2, -0.15) is 0 Å². The monoisotopic (exact) mass is 462 g/mol. The molecule has 2 aromatic carbocycles. The number of ether oxygens (including phenoxy) is 4. The summed E-state index contributed by atoms with van der Waals surface area (Å²) in [7, 11) is 0. The zero-order valence-corrected chi connectivity index (χ0v) is 17.9. The van der Waals surface area contributed by atoms with E-state index in [2.05, 4.69) is 15.9 Å². The van der Waals surface area contributed by atoms with Crippen LogP contribution in [-0.4, -0.2) is 37.4 Å². The van der Waals surface area contributed by atoms with Crippen LogP contribution in [0.15, 0.2) is 46.9 Å². The van der Waals surface area contributed by atoms with Crippen LogP contribution in [0.1, 0.15) is 47.4 Å². The van der Waals surface area contributed by atoms with Crippen LogP contribution in [0.5, 0.6) is 11.5 Å². The van der Waals surface area contributed by atoms with E-state index < -0.39 is 11.9 Å². The second-order valence-corrected chi connectivity index (χ2v) is 7.82. The van der Waals surface area contributed by atoms with Crippen molar-refractivity contribution in [1.29, 1.82) is 0 Å². The fraction of sp³-hybridized carbons (Fsp3) is 0.364. The van der Waals surface area contributed by atoms with Crippen molar-refractivity contribution in [2.24, 2.45) is 0 Å². The van der Waals surface area contributed by atoms with Gasteiger partial charge in [-0.25, -0.2) is 9.59 Å². The number of hydrogen-bond donors (Lipinski definition) is 0. The third kappa shape index (κ3) is 6.05. The number of rotatable bonds is 7. The summed E-state index contributed by atoms with van der Waals surface area (Å²) in [5, 5.41) is 0. The van der Waals surface area contributed by atoms with Gasteiger partial charge in [0.15, 0.2) is 0 Å². The highest BCUT2D eigenvalue weighted by molar-refractivity contribution is 9.10. The van der Waals surface area contributed by atoms with Crippen LogP contribution in [0.2, 0.25) is 0 Å². The molecule has 3 rings (SSSR count). The molecular weight excluding hydrogens is 440 g/mol. The number of benzene rings is 2. The van der Waals surface area contributed by atoms with Crippen molar-refractivity contribution in [2.75, 3.05) is 13.2 Å². The van der Waals surface area contributed by atoms with Crippen LogP contribution in [0.3, 0.4) is 0 Å². The summed E-state index contributed by atoms with van der Waals surface area (Å²) in [5.74, 6) is -0.101. The lowest BCUT2D eigenvalue weighted by atomic mass is 10.2. The smallest absolute Gasteiger partial charge is 0.343 e. The van der Waals surface area contributed by atoms with Gasteiger partial charge in [0.25, 0.3) is 0 Å². The molecule has 1 saturated heterocycles. The number of carbonyl (C=O) groups is 2. The first kappa shape index (κ1) is 21.3. The van der Waals surface area contributed by atoms with Gasteiger partial charge in [0.05, 0.1) is 27.8 Å². The molecule has 154 valence electrons. The Morgan fingerprint density at radius 3 is 2.62 bits per heavy atom. The van der Waals surface area contributed by atoms with Gasteiger partial charge in [0.2, 0.25) is 0 Å². The van der Waals surface area contributed by atoms with Gasteiger partial charge >= 0.3 is 11.9 Å². The summed E-state index contributed by atoms with van der Waals surface area (Å²) >= 11 is 3.40. The van der Waals surface area contributed by atoms with Gasteiger partial charge in [0, 0.05) is 6.61 Å². The normalized spacial score (nSPS) is 15.9. The predicted octanol–water partition coefficient (Wildman–Crippen LogP) is 4.79. The van der Waals surface area contributed by atoms with Crippen molar-refractivity contribution in [3.8, 4) is 11.5 Å². The minimum atomic E-state index is -0.535. The molecule has 0 amide bonds. The van der Waals surface area contributed by atoms with Gasteiger partial charge in [-0.15, -0.1) is 0 Å². The lowest BCUT2D eigenvalue weighted by Gasteiger charge is -2.12. The molecule has 1 fully saturated rings. The molecule has 0 saturated carbocycles. The molecule has 0 aromatic heterocycles. The van der Waals surface area contributed by atoms with E-state index in [4.69, 9.17) is 18.9 Å². The van der Waals surface area contributed by atoms with E-state index in [-0.39, 0.29) is 24.6 Å². The van der Waals surface area contributed by atoms with Crippen molar-refractivity contribution in [1.82, 2.24) is 0 Å². The van der Waals surface area contributed by atoms with Crippen LogP contribution in [-0.2, 0) is 9.47 Å². The van der Waals surface area contributed by atoms with Crippen LogP contribution < -0.4 is 9.47 Å². The first-order chi connectivity index (χ1) is 13.9. The third-order valence-electron chi connectivity index (χ3n) is 4.23. The molecule has 7 heteroatoms. The van der Waals surface area contributed by atoms with Crippen LogP contribution in [0.25, 0.3) is 0 Å². The summed E-state index contributed by atoms with van der Waals surface area (Å²) in [6.07, 6.45) is 1.85. The van der Waals surface area contributed by atoms with Gasteiger partial charge in [-0.3, -0.25) is 0 Å². The van der Waals surface area contributed by atoms with E-state index in [0.29, 0.717) is 28.0 Å². The highest BCUT2D eigenvalue weighted by Crippen LogP contribution is 2.27. The van der Waals surface area contributed by atoms with Gasteiger partial charge in [-0.1, -0.05) is 6.07 Å². The van der Waals surface area contributed by atoms with E-state index in [1.54, 1.807) is 36.4 Å². The van der Waals surface area contributed by atoms with Crippen molar-refractivity contribution < 1.29 is 28.5 Å². The number of halogens is 1. The van der Waals surface area contributed by atoms with E-state index in [0.717, 1.165) is 12.8 Å². The van der Waals surface area contributed by atoms with E-state index in [1.165, 1.54) is 6.07 Å². The zero-order chi connectivity index (χ0) is 20.8. The Hall–Kier alpha value is -2.38. The molecule has 2 aromatic rings. The summed E-state index contributed by atoms with van der Waals surface area (Å²) in [4.78, 5) is 24.7. The maximum absolute atomic E-state index is 12.5. The summed E-state index contributed by atoms with van der Waals surface area (Å²) < 4.78 is 22.4. The summed E-state index contributed by atoms with van der Waals surface area (Å²) in [6, 6.07) is 11.3. The summed E-state index contributed by atoms with van der Waals surface area (Å²) in [5.41, 5.74) is 0.675. The molecule has 1 aliphatic heterocycles. The molecule has 6 nitrogen and oxygen atoms in total. The van der Waals surface area contributed by atoms with Gasteiger partial charge in [-0.05, 0) is 79.0 Å². The number of hydrogen-bond acceptors (Lipinski definition) is 6. The minimum absolute atomic E-state index is 0.0202. The first-order valence-corrected chi connectivity index (χ1v) is 10.3. The quantitative estimate of drug-likeness (QED) is 0.435. The predicted molar refractivity (Wildman–Crippen MR) is 111 cm³/mol. The topological polar surface area (TPSA) is 71.1 Å². The molecule has 1 heterocycles. The molecule has 0 aliphatic carbocycles. The van der Waals surface area contributed by atoms with Crippen LogP contribution in [0, 0.1) is 0 Å². The average molecular weight is 463 g/mol. The first-order valence-electron chi connectivity index (χ1n) is 9.49. The fourth-order valence-electron chi connectivity index (χ4n) is 2.86. The van der Waals surface area contributed by atoms with Gasteiger partial charge in [0.1, 0.15) is 18.1 Å². The van der Waals surface area contributed by atoms with Crippen molar-refractivity contribution in [3.05, 3.63) is 58.1 Å². The second kappa shape index (κ2) is 9.89. The summed E-state index contributed by atoms with van der Waals surface area (Å²) in [6.45, 7) is 4.77. The van der Waals surface area contributed by atoms with E-state index >= 15 is 0 Å². The Kier molecular flexibility index (Phi) is 7.28. The van der Waals surface area contributed by atoms with Crippen molar-refractivity contribution >= 4 is 27.9 Å². The number of esters is 2. The molecule has 0 bridgehead atoms. The molecule has 29 heavy (non-hydrogen) atoms. The molecule has 0 spiro atoms. The van der Waals surface area contributed by atoms with Gasteiger partial charge < -0.3 is 18.9 Å². The Labute approximate surface area is 178 Å². The maximum atomic E-state index is 12.5. The lowest BCUT2D eigenvalue weighted by molar-refractivity contribution is 0.0161. The van der Waals surface area contributed by atoms with Crippen LogP contribution in [0.4, 0.5) is 0 Å². The molecule has 0 radical (unpaired) electrons. The Bertz CT molecular complexity index is 873. The molecule has 1 atom stereocenters. The third-order valence-corrected chi connectivity index (χ3v) is 4.85. The molecule has 1 unspecified atom stereocenters. The van der Waals surface area contributed by atoms with Crippen molar-refractivity contribution in [3.63, 3.8) is 0 Å². The largest absolute Gasteiger partial charge is 0.490 e. The molecule has 0 N–H and O–H groups in total. The average Bonchev–Trinajstić information content (AvgIpc) is 3.21. The Balaban J connectivity index is 1.62. The molecule has 1 aliphatic rings. The Morgan fingerprint density at radius 2 is 1.93 bits per heavy atom. The molecular formula is C22H23BrO6.